The summed E-state index contributed by atoms with van der Waals surface area (Å²) < 4.78 is 27.1. The maximum absolute atomic E-state index is 12.8. The van der Waals surface area contributed by atoms with E-state index in [4.69, 9.17) is 26.4 Å². The Hall–Kier alpha value is -7.47. The molecule has 8 aliphatic rings. The number of aromatic nitrogens is 12. The summed E-state index contributed by atoms with van der Waals surface area (Å²) in [6.07, 6.45) is 19.5. The number of piperidine rings is 1. The van der Waals surface area contributed by atoms with Crippen molar-refractivity contribution < 1.29 is 23.8 Å². The average molecular weight is 1340 g/mol. The normalized spacial score (nSPS) is 19.2. The van der Waals surface area contributed by atoms with E-state index >= 15 is 0 Å². The molecule has 3 N–H and O–H groups in total. The van der Waals surface area contributed by atoms with E-state index in [0.717, 1.165) is 92.8 Å². The number of fused-ring (bicyclic) bond motifs is 2. The SMILES string of the molecule is CC(=O)NC1CC1.CC(=S)NC1CC1.CCOC(CCn1c(=O)nc(C)n(C2CC2)c1=O)OCC.Cc1ccccc1COC1CC2CCC(C1)N2CCCn1c(=O)nc(C)n(C2CC2)c1=O.Cc1nc(=O)[nH]c(=O)n1C1CC1.Cc1nc(=O)n(CCC=O)c(=O)n1C1CC1. The summed E-state index contributed by atoms with van der Waals surface area (Å²) in [6, 6.07) is 11.7. The topological polar surface area (TPSA) is 328 Å². The van der Waals surface area contributed by atoms with E-state index in [-0.39, 0.29) is 72.3 Å². The number of carbonyl (C=O) groups excluding carboxylic acids is 2. The molecule has 520 valence electrons. The van der Waals surface area contributed by atoms with Crippen LogP contribution >= 0.6 is 12.2 Å². The van der Waals surface area contributed by atoms with Crippen molar-refractivity contribution in [2.75, 3.05) is 19.8 Å². The Morgan fingerprint density at radius 2 is 1.01 bits per heavy atom. The van der Waals surface area contributed by atoms with Gasteiger partial charge in [0.15, 0.2) is 6.29 Å². The molecule has 29 heteroatoms. The number of ether oxygens (including phenoxy) is 3. The van der Waals surface area contributed by atoms with Gasteiger partial charge in [-0.3, -0.25) is 32.9 Å². The number of amides is 1. The van der Waals surface area contributed by atoms with Gasteiger partial charge in [-0.1, -0.05) is 36.5 Å². The standard InChI is InChI=1S/C25H34N4O3.C14H23N3O4.C10H13N3O3.C7H9N3O2.C5H9NO.C5H9NS/c1-17-6-3-4-7-19(17)16-32-23-14-21-10-11-22(15-23)27(21)12-5-13-28-24(30)26-18(2)29(25(28)31)20-8-9-20;1-4-20-12(21-5-2)8-9-16-13(18)15-10(3)17(14(16)19)11-6-7-11;1-7-11-9(15)12(5-2-6-14)10(16)13(7)8-3-4-8;1-4-8-6(11)9-7(12)10(4)5-2-3-5;2*1-4(7)6-5-2-3-5/h3-4,6-7,20-23H,5,8-16H2,1-2H3;11-12H,4-9H2,1-3H3;6,8H,2-5H2,1H3;5H,2-3H2,1H3,(H,9,11,12);2*5H,2-3H2,1H3,(H,6,7). The highest BCUT2D eigenvalue weighted by Crippen LogP contribution is 2.38. The lowest BCUT2D eigenvalue weighted by molar-refractivity contribution is -0.141. The third kappa shape index (κ3) is 21.8. The third-order valence-electron chi connectivity index (χ3n) is 17.6. The van der Waals surface area contributed by atoms with Crippen molar-refractivity contribution in [3.63, 3.8) is 0 Å². The molecule has 2 aliphatic heterocycles. The highest BCUT2D eigenvalue weighted by atomic mass is 32.1. The molecule has 1 amide bonds. The zero-order chi connectivity index (χ0) is 68.6. The summed E-state index contributed by atoms with van der Waals surface area (Å²) in [5.74, 6) is 2.10. The van der Waals surface area contributed by atoms with E-state index in [2.05, 4.69) is 71.6 Å². The Labute approximate surface area is 556 Å². The largest absolute Gasteiger partial charge is 0.377 e. The van der Waals surface area contributed by atoms with Gasteiger partial charge in [-0.25, -0.2) is 52.1 Å². The van der Waals surface area contributed by atoms with Gasteiger partial charge in [0.2, 0.25) is 5.91 Å². The first-order valence-corrected chi connectivity index (χ1v) is 34.3. The molecule has 8 fully saturated rings. The maximum Gasteiger partial charge on any atom is 0.353 e. The van der Waals surface area contributed by atoms with Gasteiger partial charge in [0.1, 0.15) is 29.6 Å². The van der Waals surface area contributed by atoms with Gasteiger partial charge in [0.25, 0.3) is 0 Å². The van der Waals surface area contributed by atoms with Crippen LogP contribution in [0.1, 0.15) is 208 Å². The van der Waals surface area contributed by atoms with Gasteiger partial charge >= 0.3 is 45.5 Å². The summed E-state index contributed by atoms with van der Waals surface area (Å²) >= 11 is 4.80. The Balaban J connectivity index is 0.000000159. The molecule has 6 heterocycles. The maximum atomic E-state index is 12.8. The molecule has 2 bridgehead atoms. The third-order valence-corrected chi connectivity index (χ3v) is 17.7. The number of hydrogen-bond acceptors (Lipinski definition) is 19. The van der Waals surface area contributed by atoms with Gasteiger partial charge in [-0.15, -0.1) is 0 Å². The van der Waals surface area contributed by atoms with Crippen molar-refractivity contribution in [3.8, 4) is 0 Å². The summed E-state index contributed by atoms with van der Waals surface area (Å²) in [4.78, 5) is 137. The molecule has 1 aromatic carbocycles. The van der Waals surface area contributed by atoms with Crippen molar-refractivity contribution >= 4 is 29.4 Å². The number of aromatic amines is 1. The fourth-order valence-corrected chi connectivity index (χ4v) is 12.2. The van der Waals surface area contributed by atoms with Crippen molar-refractivity contribution in [2.45, 2.75) is 271 Å². The molecule has 5 aromatic rings. The second kappa shape index (κ2) is 34.5. The molecule has 2 saturated heterocycles. The molecule has 6 saturated carbocycles. The molecule has 2 atom stereocenters. The molecule has 6 aliphatic carbocycles. The highest BCUT2D eigenvalue weighted by molar-refractivity contribution is 7.80. The molecule has 0 spiro atoms. The van der Waals surface area contributed by atoms with Gasteiger partial charge in [-0.2, -0.15) is 19.9 Å². The van der Waals surface area contributed by atoms with Crippen molar-refractivity contribution in [3.05, 3.63) is 143 Å². The minimum atomic E-state index is -0.568. The Kier molecular flexibility index (Phi) is 26.6. The van der Waals surface area contributed by atoms with E-state index in [1.807, 2.05) is 20.8 Å². The van der Waals surface area contributed by atoms with Gasteiger partial charge in [-0.05, 0) is 176 Å². The zero-order valence-corrected chi connectivity index (χ0v) is 57.4. The van der Waals surface area contributed by atoms with E-state index in [0.29, 0.717) is 86.6 Å². The smallest absolute Gasteiger partial charge is 0.353 e. The first-order valence-electron chi connectivity index (χ1n) is 33.9. The lowest BCUT2D eigenvalue weighted by Crippen LogP contribution is -2.47. The average Bonchev–Trinajstić information content (AvgIpc) is 1.69. The van der Waals surface area contributed by atoms with E-state index in [1.165, 1.54) is 58.8 Å². The minimum absolute atomic E-state index is 0.0995. The lowest BCUT2D eigenvalue weighted by atomic mass is 9.99. The van der Waals surface area contributed by atoms with E-state index < -0.39 is 29.0 Å². The molecule has 13 rings (SSSR count). The number of hydrogen-bond donors (Lipinski definition) is 3. The molecule has 4 aromatic heterocycles. The molecular formula is C66H97N15O13S. The van der Waals surface area contributed by atoms with Crippen LogP contribution in [0.3, 0.4) is 0 Å². The molecule has 28 nitrogen and oxygen atoms in total. The van der Waals surface area contributed by atoms with Crippen LogP contribution in [-0.2, 0) is 50.0 Å². The quantitative estimate of drug-likeness (QED) is 0.0464. The molecular weight excluding hydrogens is 1240 g/mol. The van der Waals surface area contributed by atoms with E-state index in [1.54, 1.807) is 52.9 Å². The fourth-order valence-electron chi connectivity index (χ4n) is 12.1. The number of rotatable bonds is 23. The number of nitrogens with zero attached hydrogens (tertiary/aromatic N) is 12. The first-order chi connectivity index (χ1) is 45.5. The van der Waals surface area contributed by atoms with Crippen LogP contribution in [0.15, 0.2) is 62.6 Å². The summed E-state index contributed by atoms with van der Waals surface area (Å²) in [5, 5.41) is 5.93. The minimum Gasteiger partial charge on any atom is -0.377 e. The molecule has 0 radical (unpaired) electrons. The van der Waals surface area contributed by atoms with Gasteiger partial charge in [0.05, 0.1) is 17.7 Å². The number of thiocarbonyl (C=S) groups is 1. The number of nitrogens with one attached hydrogen (secondary N) is 3. The summed E-state index contributed by atoms with van der Waals surface area (Å²) in [5.41, 5.74) is -0.617. The van der Waals surface area contributed by atoms with E-state index in [9.17, 15) is 47.9 Å². The summed E-state index contributed by atoms with van der Waals surface area (Å²) in [7, 11) is 0. The van der Waals surface area contributed by atoms with Crippen LogP contribution in [0.4, 0.5) is 0 Å². The van der Waals surface area contributed by atoms with Crippen LogP contribution in [0.5, 0.6) is 0 Å². The number of aldehydes is 1. The number of benzene rings is 1. The van der Waals surface area contributed by atoms with Crippen LogP contribution in [0.2, 0.25) is 0 Å². The van der Waals surface area contributed by atoms with Crippen LogP contribution in [0, 0.1) is 34.6 Å². The van der Waals surface area contributed by atoms with Crippen molar-refractivity contribution in [2.24, 2.45) is 0 Å². The fraction of sp³-hybridized carbons (Fsp3) is 0.682. The van der Waals surface area contributed by atoms with Crippen LogP contribution in [-0.4, -0.2) is 135 Å². The van der Waals surface area contributed by atoms with Crippen LogP contribution < -0.4 is 56.2 Å². The predicted octanol–water partition coefficient (Wildman–Crippen LogP) is 4.38. The number of H-pyrrole nitrogens is 1. The Morgan fingerprint density at radius 3 is 1.41 bits per heavy atom. The molecule has 95 heavy (non-hydrogen) atoms. The highest BCUT2D eigenvalue weighted by Gasteiger charge is 2.41. The monoisotopic (exact) mass is 1340 g/mol. The van der Waals surface area contributed by atoms with Crippen molar-refractivity contribution in [1.82, 2.24) is 72.4 Å². The zero-order valence-electron chi connectivity index (χ0n) is 56.6. The molecule has 2 unspecified atom stereocenters. The summed E-state index contributed by atoms with van der Waals surface area (Å²) in [6.45, 7) is 19.6. The second-order valence-electron chi connectivity index (χ2n) is 25.8. The number of aryl methyl sites for hydroxylation is 5. The predicted molar refractivity (Wildman–Crippen MR) is 360 cm³/mol. The first kappa shape index (κ1) is 73.3. The van der Waals surface area contributed by atoms with Gasteiger partial charge in [0, 0.05) is 107 Å². The number of carbonyl (C=O) groups is 2. The van der Waals surface area contributed by atoms with Crippen LogP contribution in [0.25, 0.3) is 0 Å². The Bertz CT molecular complexity index is 3910. The second-order valence-corrected chi connectivity index (χ2v) is 26.4. The van der Waals surface area contributed by atoms with Gasteiger partial charge < -0.3 is 29.6 Å². The Morgan fingerprint density at radius 1 is 0.579 bits per heavy atom. The van der Waals surface area contributed by atoms with Crippen molar-refractivity contribution in [1.29, 1.82) is 0 Å². The lowest BCUT2D eigenvalue weighted by Gasteiger charge is -2.39.